The van der Waals surface area contributed by atoms with E-state index in [4.69, 9.17) is 32.7 Å². The monoisotopic (exact) mass is 312 g/mol. The minimum atomic E-state index is -0.529. The molecular formula is C13H10Cl2N2O3. The molecule has 0 N–H and O–H groups in total. The first-order valence-electron chi connectivity index (χ1n) is 5.50. The van der Waals surface area contributed by atoms with Gasteiger partial charge < -0.3 is 9.47 Å². The first kappa shape index (κ1) is 14.6. The van der Waals surface area contributed by atoms with E-state index in [1.165, 1.54) is 26.6 Å². The number of ether oxygens (including phenoxy) is 2. The van der Waals surface area contributed by atoms with Crippen molar-refractivity contribution in [1.82, 2.24) is 9.97 Å². The van der Waals surface area contributed by atoms with Crippen molar-refractivity contribution in [3.05, 3.63) is 40.4 Å². The van der Waals surface area contributed by atoms with Crippen molar-refractivity contribution in [3.63, 3.8) is 0 Å². The van der Waals surface area contributed by atoms with Gasteiger partial charge in [0.1, 0.15) is 16.1 Å². The van der Waals surface area contributed by atoms with E-state index in [1.54, 1.807) is 12.1 Å². The quantitative estimate of drug-likeness (QED) is 0.643. The highest BCUT2D eigenvalue weighted by Gasteiger charge is 2.18. The second-order valence-electron chi connectivity index (χ2n) is 3.75. The number of nitrogens with zero attached hydrogens (tertiary/aromatic N) is 2. The first-order valence-corrected chi connectivity index (χ1v) is 6.26. The van der Waals surface area contributed by atoms with Crippen LogP contribution in [-0.4, -0.2) is 30.2 Å². The van der Waals surface area contributed by atoms with Crippen molar-refractivity contribution in [1.29, 1.82) is 0 Å². The van der Waals surface area contributed by atoms with Crippen LogP contribution in [0.15, 0.2) is 24.5 Å². The highest BCUT2D eigenvalue weighted by molar-refractivity contribution is 6.30. The van der Waals surface area contributed by atoms with Gasteiger partial charge in [0.25, 0.3) is 0 Å². The number of carbonyl (C=O) groups is 1. The smallest absolute Gasteiger partial charge is 0.340 e. The zero-order chi connectivity index (χ0) is 14.7. The largest absolute Gasteiger partial charge is 0.494 e. The number of methoxy groups -OCH3 is 2. The number of hydrogen-bond donors (Lipinski definition) is 0. The maximum absolute atomic E-state index is 11.8. The molecule has 104 valence electrons. The summed E-state index contributed by atoms with van der Waals surface area (Å²) in [4.78, 5) is 19.6. The van der Waals surface area contributed by atoms with Crippen LogP contribution in [-0.2, 0) is 4.74 Å². The van der Waals surface area contributed by atoms with Crippen molar-refractivity contribution < 1.29 is 14.3 Å². The molecule has 0 aliphatic carbocycles. The molecule has 0 aromatic carbocycles. The average molecular weight is 313 g/mol. The molecule has 5 nitrogen and oxygen atoms in total. The number of esters is 1. The second kappa shape index (κ2) is 6.07. The van der Waals surface area contributed by atoms with E-state index < -0.39 is 5.97 Å². The molecule has 2 aromatic heterocycles. The van der Waals surface area contributed by atoms with Gasteiger partial charge in [0.15, 0.2) is 0 Å². The number of hydrogen-bond acceptors (Lipinski definition) is 5. The molecule has 0 unspecified atom stereocenters. The maximum atomic E-state index is 11.8. The minimum Gasteiger partial charge on any atom is -0.494 e. The number of carbonyl (C=O) groups excluding carboxylic acids is 1. The Morgan fingerprint density at radius 2 is 1.65 bits per heavy atom. The molecule has 0 radical (unpaired) electrons. The van der Waals surface area contributed by atoms with Crippen molar-refractivity contribution in [2.24, 2.45) is 0 Å². The predicted octanol–water partition coefficient (Wildman–Crippen LogP) is 3.25. The lowest BCUT2D eigenvalue weighted by atomic mass is 10.0. The molecule has 0 fully saturated rings. The molecule has 2 aromatic rings. The molecule has 2 heterocycles. The summed E-state index contributed by atoms with van der Waals surface area (Å²) in [6.45, 7) is 0. The van der Waals surface area contributed by atoms with Gasteiger partial charge in [-0.05, 0) is 12.1 Å². The van der Waals surface area contributed by atoms with Crippen LogP contribution in [0.3, 0.4) is 0 Å². The van der Waals surface area contributed by atoms with Crippen molar-refractivity contribution in [2.45, 2.75) is 0 Å². The molecule has 0 saturated carbocycles. The van der Waals surface area contributed by atoms with Gasteiger partial charge in [-0.1, -0.05) is 23.2 Å². The van der Waals surface area contributed by atoms with Crippen LogP contribution in [0.1, 0.15) is 10.4 Å². The summed E-state index contributed by atoms with van der Waals surface area (Å²) in [6, 6.07) is 3.13. The van der Waals surface area contributed by atoms with Gasteiger partial charge in [-0.3, -0.25) is 0 Å². The van der Waals surface area contributed by atoms with Crippen LogP contribution in [0.4, 0.5) is 0 Å². The van der Waals surface area contributed by atoms with Gasteiger partial charge in [0.2, 0.25) is 0 Å². The van der Waals surface area contributed by atoms with Crippen LogP contribution in [0.5, 0.6) is 5.75 Å². The Morgan fingerprint density at radius 3 is 2.25 bits per heavy atom. The van der Waals surface area contributed by atoms with Crippen molar-refractivity contribution in [2.75, 3.05) is 14.2 Å². The summed E-state index contributed by atoms with van der Waals surface area (Å²) in [5, 5.41) is 0.507. The summed E-state index contributed by atoms with van der Waals surface area (Å²) < 4.78 is 9.96. The first-order chi connectivity index (χ1) is 9.56. The van der Waals surface area contributed by atoms with Crippen LogP contribution < -0.4 is 4.74 Å². The summed E-state index contributed by atoms with van der Waals surface area (Å²) in [7, 11) is 2.78. The summed E-state index contributed by atoms with van der Waals surface area (Å²) in [5.74, 6) is -0.0685. The fourth-order valence-electron chi connectivity index (χ4n) is 1.72. The minimum absolute atomic E-state index is 0.239. The van der Waals surface area contributed by atoms with E-state index in [0.29, 0.717) is 16.9 Å². The van der Waals surface area contributed by atoms with Crippen LogP contribution >= 0.6 is 23.2 Å². The highest BCUT2D eigenvalue weighted by atomic mass is 35.5. The molecule has 0 aliphatic heterocycles. The molecule has 0 amide bonds. The van der Waals surface area contributed by atoms with Gasteiger partial charge >= 0.3 is 5.97 Å². The number of pyridine rings is 2. The number of aromatic nitrogens is 2. The Bertz CT molecular complexity index is 662. The van der Waals surface area contributed by atoms with E-state index in [9.17, 15) is 4.79 Å². The molecule has 0 bridgehead atoms. The number of halogens is 2. The van der Waals surface area contributed by atoms with Crippen molar-refractivity contribution >= 4 is 29.2 Å². The third kappa shape index (κ3) is 2.84. The molecule has 20 heavy (non-hydrogen) atoms. The Hall–Kier alpha value is -1.85. The lowest BCUT2D eigenvalue weighted by molar-refractivity contribution is 0.0601. The maximum Gasteiger partial charge on any atom is 0.340 e. The van der Waals surface area contributed by atoms with E-state index in [0.717, 1.165) is 0 Å². The molecule has 7 heteroatoms. The third-order valence-corrected chi connectivity index (χ3v) is 3.03. The van der Waals surface area contributed by atoms with Gasteiger partial charge in [0, 0.05) is 17.3 Å². The molecule has 2 rings (SSSR count). The van der Waals surface area contributed by atoms with Gasteiger partial charge in [-0.15, -0.1) is 0 Å². The lowest BCUT2D eigenvalue weighted by Crippen LogP contribution is -2.05. The third-order valence-electron chi connectivity index (χ3n) is 2.62. The fraction of sp³-hybridized carbons (Fsp3) is 0.154. The standard InChI is InChI=1S/C13H10Cl2N2O3/c1-19-10-6-17-12(15)4-8(10)7-3-11(14)16-5-9(7)13(18)20-2/h3-6H,1-2H3. The topological polar surface area (TPSA) is 61.3 Å². The Labute approximate surface area is 125 Å². The molecular weight excluding hydrogens is 303 g/mol. The SMILES string of the molecule is COC(=O)c1cnc(Cl)cc1-c1cc(Cl)ncc1OC. The molecule has 0 aliphatic rings. The van der Waals surface area contributed by atoms with Crippen molar-refractivity contribution in [3.8, 4) is 16.9 Å². The molecule has 0 spiro atoms. The van der Waals surface area contributed by atoms with Gasteiger partial charge in [0.05, 0.1) is 26.0 Å². The summed E-state index contributed by atoms with van der Waals surface area (Å²) in [6.07, 6.45) is 2.81. The van der Waals surface area contributed by atoms with Crippen LogP contribution in [0, 0.1) is 0 Å². The predicted molar refractivity (Wildman–Crippen MR) is 75.4 cm³/mol. The Morgan fingerprint density at radius 1 is 1.05 bits per heavy atom. The molecule has 0 atom stereocenters. The number of rotatable bonds is 3. The van der Waals surface area contributed by atoms with E-state index in [2.05, 4.69) is 9.97 Å². The summed E-state index contributed by atoms with van der Waals surface area (Å²) in [5.41, 5.74) is 1.35. The second-order valence-corrected chi connectivity index (χ2v) is 4.53. The van der Waals surface area contributed by atoms with Gasteiger partial charge in [-0.2, -0.15) is 0 Å². The Balaban J connectivity index is 2.71. The highest BCUT2D eigenvalue weighted by Crippen LogP contribution is 2.34. The van der Waals surface area contributed by atoms with E-state index >= 15 is 0 Å². The zero-order valence-corrected chi connectivity index (χ0v) is 12.2. The van der Waals surface area contributed by atoms with E-state index in [-0.39, 0.29) is 15.9 Å². The normalized spacial score (nSPS) is 10.2. The fourth-order valence-corrected chi connectivity index (χ4v) is 2.03. The average Bonchev–Trinajstić information content (AvgIpc) is 2.46. The zero-order valence-electron chi connectivity index (χ0n) is 10.7. The summed E-state index contributed by atoms with van der Waals surface area (Å²) >= 11 is 11.8. The van der Waals surface area contributed by atoms with Gasteiger partial charge in [-0.25, -0.2) is 14.8 Å². The van der Waals surface area contributed by atoms with Crippen LogP contribution in [0.2, 0.25) is 10.3 Å². The molecule has 0 saturated heterocycles. The van der Waals surface area contributed by atoms with E-state index in [1.807, 2.05) is 0 Å². The Kier molecular flexibility index (Phi) is 4.42. The lowest BCUT2D eigenvalue weighted by Gasteiger charge is -2.12. The van der Waals surface area contributed by atoms with Crippen LogP contribution in [0.25, 0.3) is 11.1 Å².